The van der Waals surface area contributed by atoms with E-state index < -0.39 is 0 Å². The molecule has 0 amide bonds. The van der Waals surface area contributed by atoms with Crippen LogP contribution in [0.15, 0.2) is 40.9 Å². The zero-order chi connectivity index (χ0) is 15.4. The second-order valence-electron chi connectivity index (χ2n) is 5.07. The third kappa shape index (κ3) is 3.99. The molecule has 0 aliphatic carbocycles. The van der Waals surface area contributed by atoms with Gasteiger partial charge in [0.15, 0.2) is 0 Å². The van der Waals surface area contributed by atoms with E-state index in [0.717, 1.165) is 32.7 Å². The predicted molar refractivity (Wildman–Crippen MR) is 88.8 cm³/mol. The zero-order valence-corrected chi connectivity index (χ0v) is 14.1. The van der Waals surface area contributed by atoms with Crippen LogP contribution in [0.25, 0.3) is 0 Å². The Balaban J connectivity index is 2.08. The number of hydrogen-bond acceptors (Lipinski definition) is 3. The van der Waals surface area contributed by atoms with E-state index in [9.17, 15) is 0 Å². The number of nitrogens with two attached hydrogens (primary N) is 1. The Morgan fingerprint density at radius 1 is 1.14 bits per heavy atom. The fourth-order valence-electron chi connectivity index (χ4n) is 2.08. The molecule has 21 heavy (non-hydrogen) atoms. The lowest BCUT2D eigenvalue weighted by atomic mass is 10.1. The molecule has 0 saturated carbocycles. The smallest absolute Gasteiger partial charge is 0.133 e. The summed E-state index contributed by atoms with van der Waals surface area (Å²) >= 11 is 3.48. The van der Waals surface area contributed by atoms with E-state index >= 15 is 0 Å². The van der Waals surface area contributed by atoms with Crippen molar-refractivity contribution in [2.75, 3.05) is 7.11 Å². The summed E-state index contributed by atoms with van der Waals surface area (Å²) < 4.78 is 12.0. The van der Waals surface area contributed by atoms with E-state index in [-0.39, 0.29) is 6.04 Å². The summed E-state index contributed by atoms with van der Waals surface area (Å²) in [6.07, 6.45) is 0. The number of aryl methyl sites for hydroxylation is 1. The Morgan fingerprint density at radius 2 is 1.86 bits per heavy atom. The highest BCUT2D eigenvalue weighted by Crippen LogP contribution is 2.27. The molecule has 1 unspecified atom stereocenters. The molecule has 2 rings (SSSR count). The van der Waals surface area contributed by atoms with Crippen molar-refractivity contribution >= 4 is 15.9 Å². The molecule has 3 nitrogen and oxygen atoms in total. The quantitative estimate of drug-likeness (QED) is 0.871. The van der Waals surface area contributed by atoms with Gasteiger partial charge in [-0.2, -0.15) is 0 Å². The Morgan fingerprint density at radius 3 is 2.43 bits per heavy atom. The van der Waals surface area contributed by atoms with E-state index in [1.807, 2.05) is 44.2 Å². The highest BCUT2D eigenvalue weighted by Gasteiger charge is 2.06. The highest BCUT2D eigenvalue weighted by atomic mass is 79.9. The van der Waals surface area contributed by atoms with Crippen LogP contribution < -0.4 is 15.2 Å². The van der Waals surface area contributed by atoms with Gasteiger partial charge in [-0.25, -0.2) is 0 Å². The van der Waals surface area contributed by atoms with Crippen molar-refractivity contribution in [3.05, 3.63) is 57.6 Å². The second kappa shape index (κ2) is 6.96. The number of benzene rings is 2. The van der Waals surface area contributed by atoms with Crippen molar-refractivity contribution in [1.82, 2.24) is 0 Å². The van der Waals surface area contributed by atoms with Gasteiger partial charge in [0.1, 0.15) is 18.1 Å². The van der Waals surface area contributed by atoms with Crippen LogP contribution in [0, 0.1) is 6.92 Å². The highest BCUT2D eigenvalue weighted by molar-refractivity contribution is 9.10. The van der Waals surface area contributed by atoms with Gasteiger partial charge in [0, 0.05) is 6.04 Å². The largest absolute Gasteiger partial charge is 0.496 e. The molecule has 2 aromatic rings. The first kappa shape index (κ1) is 15.9. The molecule has 4 heteroatoms. The molecule has 0 spiro atoms. The molecule has 0 fully saturated rings. The summed E-state index contributed by atoms with van der Waals surface area (Å²) in [5.41, 5.74) is 9.18. The second-order valence-corrected chi connectivity index (χ2v) is 5.93. The van der Waals surface area contributed by atoms with E-state index in [0.29, 0.717) is 6.61 Å². The third-order valence-electron chi connectivity index (χ3n) is 3.34. The topological polar surface area (TPSA) is 44.5 Å². The first-order valence-corrected chi connectivity index (χ1v) is 7.62. The van der Waals surface area contributed by atoms with Crippen LogP contribution in [0.2, 0.25) is 0 Å². The molecular formula is C17H20BrNO2. The zero-order valence-electron chi connectivity index (χ0n) is 12.5. The van der Waals surface area contributed by atoms with Crippen molar-refractivity contribution in [1.29, 1.82) is 0 Å². The maximum Gasteiger partial charge on any atom is 0.133 e. The molecule has 0 saturated heterocycles. The van der Waals surface area contributed by atoms with Crippen LogP contribution in [0.4, 0.5) is 0 Å². The minimum Gasteiger partial charge on any atom is -0.496 e. The maximum absolute atomic E-state index is 5.88. The van der Waals surface area contributed by atoms with Crippen molar-refractivity contribution in [3.8, 4) is 11.5 Å². The first-order chi connectivity index (χ1) is 10.0. The lowest BCUT2D eigenvalue weighted by molar-refractivity contribution is 0.303. The summed E-state index contributed by atoms with van der Waals surface area (Å²) in [6.45, 7) is 4.52. The summed E-state index contributed by atoms with van der Waals surface area (Å²) in [6, 6.07) is 12.0. The molecule has 0 bridgehead atoms. The molecular weight excluding hydrogens is 330 g/mol. The maximum atomic E-state index is 5.88. The van der Waals surface area contributed by atoms with Gasteiger partial charge in [-0.3, -0.25) is 0 Å². The molecule has 1 atom stereocenters. The van der Waals surface area contributed by atoms with Crippen molar-refractivity contribution in [2.45, 2.75) is 26.5 Å². The van der Waals surface area contributed by atoms with Crippen molar-refractivity contribution in [3.63, 3.8) is 0 Å². The molecule has 0 heterocycles. The minimum absolute atomic E-state index is 0.0373. The minimum atomic E-state index is 0.0373. The van der Waals surface area contributed by atoms with Gasteiger partial charge in [-0.05, 0) is 64.7 Å². The van der Waals surface area contributed by atoms with Crippen LogP contribution in [0.5, 0.6) is 11.5 Å². The van der Waals surface area contributed by atoms with Gasteiger partial charge in [0.25, 0.3) is 0 Å². The lowest BCUT2D eigenvalue weighted by Gasteiger charge is -2.13. The van der Waals surface area contributed by atoms with E-state index in [1.165, 1.54) is 0 Å². The van der Waals surface area contributed by atoms with E-state index in [1.54, 1.807) is 7.11 Å². The average Bonchev–Trinajstić information content (AvgIpc) is 2.46. The van der Waals surface area contributed by atoms with Crippen LogP contribution in [-0.4, -0.2) is 7.11 Å². The molecule has 0 radical (unpaired) electrons. The number of ether oxygens (including phenoxy) is 2. The van der Waals surface area contributed by atoms with Crippen LogP contribution in [0.3, 0.4) is 0 Å². The van der Waals surface area contributed by atoms with Gasteiger partial charge in [-0.1, -0.05) is 18.2 Å². The molecule has 0 aliphatic rings. The first-order valence-electron chi connectivity index (χ1n) is 6.82. The number of methoxy groups -OCH3 is 1. The Labute approximate surface area is 134 Å². The van der Waals surface area contributed by atoms with Crippen LogP contribution >= 0.6 is 15.9 Å². The predicted octanol–water partition coefficient (Wildman–Crippen LogP) is 4.36. The van der Waals surface area contributed by atoms with E-state index in [4.69, 9.17) is 15.2 Å². The molecule has 2 N–H and O–H groups in total. The number of hydrogen-bond donors (Lipinski definition) is 1. The lowest BCUT2D eigenvalue weighted by Crippen LogP contribution is -2.05. The molecule has 112 valence electrons. The van der Waals surface area contributed by atoms with Gasteiger partial charge in [0.2, 0.25) is 0 Å². The Bertz CT molecular complexity index is 626. The number of rotatable bonds is 5. The third-order valence-corrected chi connectivity index (χ3v) is 3.96. The van der Waals surface area contributed by atoms with Gasteiger partial charge in [-0.15, -0.1) is 0 Å². The van der Waals surface area contributed by atoms with Crippen molar-refractivity contribution < 1.29 is 9.47 Å². The van der Waals surface area contributed by atoms with E-state index in [2.05, 4.69) is 22.0 Å². The summed E-state index contributed by atoms with van der Waals surface area (Å²) in [4.78, 5) is 0. The molecule has 0 aromatic heterocycles. The summed E-state index contributed by atoms with van der Waals surface area (Å²) in [5.74, 6) is 1.70. The van der Waals surface area contributed by atoms with Crippen LogP contribution in [0.1, 0.15) is 29.7 Å². The summed E-state index contributed by atoms with van der Waals surface area (Å²) in [7, 11) is 1.65. The molecule has 2 aromatic carbocycles. The van der Waals surface area contributed by atoms with Gasteiger partial charge >= 0.3 is 0 Å². The van der Waals surface area contributed by atoms with Gasteiger partial charge < -0.3 is 15.2 Å². The fraction of sp³-hybridized carbons (Fsp3) is 0.294. The van der Waals surface area contributed by atoms with Crippen LogP contribution in [-0.2, 0) is 6.61 Å². The average molecular weight is 350 g/mol. The Hall–Kier alpha value is -1.52. The monoisotopic (exact) mass is 349 g/mol. The Kier molecular flexibility index (Phi) is 5.26. The normalized spacial score (nSPS) is 12.0. The fourth-order valence-corrected chi connectivity index (χ4v) is 2.67. The number of halogens is 1. The SMILES string of the molecule is COc1ccc(COc2ccc(C(C)N)cc2C)cc1Br. The van der Waals surface area contributed by atoms with Crippen molar-refractivity contribution in [2.24, 2.45) is 5.73 Å². The standard InChI is InChI=1S/C17H20BrNO2/c1-11-8-14(12(2)19)5-7-16(11)21-10-13-4-6-17(20-3)15(18)9-13/h4-9,12H,10,19H2,1-3H3. The van der Waals surface area contributed by atoms with Gasteiger partial charge in [0.05, 0.1) is 11.6 Å². The molecule has 0 aliphatic heterocycles. The summed E-state index contributed by atoms with van der Waals surface area (Å²) in [5, 5.41) is 0.